The van der Waals surface area contributed by atoms with Crippen LogP contribution < -0.4 is 0 Å². The zero-order valence-corrected chi connectivity index (χ0v) is 23.4. The van der Waals surface area contributed by atoms with E-state index in [2.05, 4.69) is 6.92 Å². The molecule has 0 amide bonds. The third-order valence-corrected chi connectivity index (χ3v) is 11.4. The number of Topliss-reactive ketones (excluding diaryl/α,β-unsaturated/α-hetero) is 2. The number of esters is 2. The molecule has 4 aliphatic rings. The van der Waals surface area contributed by atoms with Crippen molar-refractivity contribution in [2.24, 2.45) is 39.4 Å². The minimum absolute atomic E-state index is 0.00290. The van der Waals surface area contributed by atoms with Gasteiger partial charge in [-0.15, -0.1) is 0 Å². The molecule has 4 saturated carbocycles. The Morgan fingerprint density at radius 2 is 1.68 bits per heavy atom. The number of carbonyl (C=O) groups excluding carboxylic acids is 4. The van der Waals surface area contributed by atoms with Gasteiger partial charge in [-0.05, 0) is 35.8 Å². The maximum absolute atomic E-state index is 14.1. The average molecular weight is 529 g/mol. The quantitative estimate of drug-likeness (QED) is 0.579. The molecule has 10 atom stereocenters. The number of hydrogen-bond acceptors (Lipinski definition) is 8. The van der Waals surface area contributed by atoms with Crippen LogP contribution in [0.4, 0.5) is 0 Å². The lowest BCUT2D eigenvalue weighted by atomic mass is 9.35. The molecule has 1 heterocycles. The fraction of sp³-hybridized carbons (Fsp3) is 0.733. The molecule has 0 bridgehead atoms. The van der Waals surface area contributed by atoms with E-state index < -0.39 is 63.7 Å². The van der Waals surface area contributed by atoms with Crippen molar-refractivity contribution >= 4 is 23.5 Å². The molecule has 208 valence electrons. The zero-order valence-electron chi connectivity index (χ0n) is 23.4. The molecule has 0 unspecified atom stereocenters. The van der Waals surface area contributed by atoms with Crippen molar-refractivity contribution in [3.05, 3.63) is 24.2 Å². The summed E-state index contributed by atoms with van der Waals surface area (Å²) in [6, 6.07) is 1.81. The van der Waals surface area contributed by atoms with Gasteiger partial charge in [0.1, 0.15) is 23.8 Å². The summed E-state index contributed by atoms with van der Waals surface area (Å²) in [6.07, 6.45) is 1.87. The molecule has 8 heteroatoms. The first kappa shape index (κ1) is 27.1. The molecule has 4 fully saturated rings. The van der Waals surface area contributed by atoms with Crippen LogP contribution in [0.5, 0.6) is 0 Å². The van der Waals surface area contributed by atoms with Gasteiger partial charge in [0.25, 0.3) is 0 Å². The van der Waals surface area contributed by atoms with Crippen LogP contribution in [0.2, 0.25) is 0 Å². The van der Waals surface area contributed by atoms with E-state index >= 15 is 0 Å². The Balaban J connectivity index is 1.77. The molecule has 1 aromatic heterocycles. The number of fused-ring (bicyclic) bond motifs is 5. The normalized spacial score (nSPS) is 45.5. The van der Waals surface area contributed by atoms with Crippen LogP contribution in [0.1, 0.15) is 85.6 Å². The third-order valence-electron chi connectivity index (χ3n) is 11.4. The lowest BCUT2D eigenvalue weighted by Crippen LogP contribution is -2.75. The number of ketones is 2. The van der Waals surface area contributed by atoms with Gasteiger partial charge in [-0.2, -0.15) is 0 Å². The maximum Gasteiger partial charge on any atom is 0.303 e. The Bertz CT molecular complexity index is 1170. The van der Waals surface area contributed by atoms with Gasteiger partial charge in [0, 0.05) is 60.7 Å². The first-order valence-electron chi connectivity index (χ1n) is 13.7. The van der Waals surface area contributed by atoms with Gasteiger partial charge in [-0.25, -0.2) is 0 Å². The molecule has 0 spiro atoms. The zero-order chi connectivity index (χ0) is 28.0. The van der Waals surface area contributed by atoms with E-state index in [1.807, 2.05) is 33.8 Å². The summed E-state index contributed by atoms with van der Waals surface area (Å²) in [4.78, 5) is 52.3. The Morgan fingerprint density at radius 3 is 2.26 bits per heavy atom. The van der Waals surface area contributed by atoms with E-state index in [1.165, 1.54) is 13.8 Å². The predicted molar refractivity (Wildman–Crippen MR) is 136 cm³/mol. The van der Waals surface area contributed by atoms with Gasteiger partial charge in [0.05, 0.1) is 18.6 Å². The maximum atomic E-state index is 14.1. The molecule has 0 radical (unpaired) electrons. The van der Waals surface area contributed by atoms with Gasteiger partial charge >= 0.3 is 11.9 Å². The highest BCUT2D eigenvalue weighted by Crippen LogP contribution is 2.74. The Kier molecular flexibility index (Phi) is 6.07. The largest absolute Gasteiger partial charge is 0.472 e. The van der Waals surface area contributed by atoms with E-state index in [0.29, 0.717) is 19.3 Å². The van der Waals surface area contributed by atoms with Crippen LogP contribution in [0.25, 0.3) is 0 Å². The minimum atomic E-state index is -1.16. The Labute approximate surface area is 223 Å². The van der Waals surface area contributed by atoms with Crippen LogP contribution >= 0.6 is 0 Å². The van der Waals surface area contributed by atoms with Crippen molar-refractivity contribution in [2.75, 3.05) is 0 Å². The van der Waals surface area contributed by atoms with Gasteiger partial charge in [-0.1, -0.05) is 34.6 Å². The van der Waals surface area contributed by atoms with Crippen molar-refractivity contribution in [3.63, 3.8) is 0 Å². The number of rotatable bonds is 3. The lowest BCUT2D eigenvalue weighted by Gasteiger charge is -2.70. The summed E-state index contributed by atoms with van der Waals surface area (Å²) in [7, 11) is 0. The number of aliphatic hydroxyl groups is 1. The second-order valence-corrected chi connectivity index (χ2v) is 13.5. The van der Waals surface area contributed by atoms with Crippen LogP contribution in [-0.2, 0) is 28.7 Å². The van der Waals surface area contributed by atoms with Gasteiger partial charge in [0.15, 0.2) is 0 Å². The van der Waals surface area contributed by atoms with Gasteiger partial charge in [-0.3, -0.25) is 19.2 Å². The topological polar surface area (TPSA) is 120 Å². The molecule has 8 nitrogen and oxygen atoms in total. The van der Waals surface area contributed by atoms with Crippen molar-refractivity contribution < 1.29 is 38.2 Å². The molecule has 1 aromatic rings. The molecular formula is C30H40O8. The molecule has 0 saturated heterocycles. The number of aliphatic hydroxyl groups excluding tert-OH is 1. The van der Waals surface area contributed by atoms with Crippen molar-refractivity contribution in [1.29, 1.82) is 0 Å². The highest BCUT2D eigenvalue weighted by atomic mass is 16.6. The van der Waals surface area contributed by atoms with E-state index in [1.54, 1.807) is 12.5 Å². The van der Waals surface area contributed by atoms with E-state index in [0.717, 1.165) is 5.56 Å². The van der Waals surface area contributed by atoms with Crippen molar-refractivity contribution in [3.8, 4) is 0 Å². The third kappa shape index (κ3) is 3.37. The van der Waals surface area contributed by atoms with E-state index in [4.69, 9.17) is 13.9 Å². The molecule has 1 N–H and O–H groups in total. The summed E-state index contributed by atoms with van der Waals surface area (Å²) in [6.45, 7) is 12.5. The second-order valence-electron chi connectivity index (χ2n) is 13.5. The summed E-state index contributed by atoms with van der Waals surface area (Å²) in [5.41, 5.74) is -2.41. The van der Waals surface area contributed by atoms with Gasteiger partial charge in [0.2, 0.25) is 0 Å². The summed E-state index contributed by atoms with van der Waals surface area (Å²) in [5, 5.41) is 12.2. The van der Waals surface area contributed by atoms with Crippen LogP contribution in [0, 0.1) is 39.4 Å². The average Bonchev–Trinajstić information content (AvgIpc) is 3.42. The van der Waals surface area contributed by atoms with E-state index in [-0.39, 0.29) is 29.8 Å². The number of carbonyl (C=O) groups is 4. The second kappa shape index (κ2) is 8.51. The Hall–Kier alpha value is -2.48. The number of furan rings is 1. The minimum Gasteiger partial charge on any atom is -0.472 e. The highest BCUT2D eigenvalue weighted by Gasteiger charge is 2.78. The fourth-order valence-corrected chi connectivity index (χ4v) is 9.97. The predicted octanol–water partition coefficient (Wildman–Crippen LogP) is 4.23. The first-order valence-corrected chi connectivity index (χ1v) is 13.7. The first-order chi connectivity index (χ1) is 17.6. The smallest absolute Gasteiger partial charge is 0.303 e. The Morgan fingerprint density at radius 1 is 1.03 bits per heavy atom. The highest BCUT2D eigenvalue weighted by molar-refractivity contribution is 5.88. The molecular weight excluding hydrogens is 488 g/mol. The molecule has 5 rings (SSSR count). The molecule has 38 heavy (non-hydrogen) atoms. The SMILES string of the molecule is CC(=O)O[C@@H]1[C@@H]2[C@@]3(C)CCC(=O)C(C)(C)[C@@H]3C[C@@H](OC(C)=O)[C@@]2(C)[C@@H]2C(=O)C[C@@H](c3ccoc3)[C@]2(C)[C@H]1O. The lowest BCUT2D eigenvalue weighted by molar-refractivity contribution is -0.291. The number of ether oxygens (including phenoxy) is 2. The molecule has 0 aliphatic heterocycles. The monoisotopic (exact) mass is 528 g/mol. The standard InChI is InChI=1S/C30H40O8/c1-15(31)37-22-13-20-27(3,4)21(34)8-10-28(20,5)25-23(38-16(2)32)26(35)29(6)18(17-9-11-36-14-17)12-19(33)24(29)30(22,25)7/h9,11,14,18,20,22-26,35H,8,10,12-13H2,1-7H3/t18-,20-,22+,23+,24+,25+,26-,28-,29-,30-/m0/s1. The van der Waals surface area contributed by atoms with Crippen molar-refractivity contribution in [1.82, 2.24) is 0 Å². The molecule has 4 aliphatic carbocycles. The van der Waals surface area contributed by atoms with Crippen LogP contribution in [0.15, 0.2) is 23.0 Å². The van der Waals surface area contributed by atoms with Crippen LogP contribution in [-0.4, -0.2) is 46.9 Å². The number of hydrogen-bond donors (Lipinski definition) is 1. The van der Waals surface area contributed by atoms with Crippen molar-refractivity contribution in [2.45, 2.75) is 98.4 Å². The van der Waals surface area contributed by atoms with Crippen LogP contribution in [0.3, 0.4) is 0 Å². The summed E-state index contributed by atoms with van der Waals surface area (Å²) < 4.78 is 17.4. The van der Waals surface area contributed by atoms with E-state index in [9.17, 15) is 24.3 Å². The molecule has 0 aromatic carbocycles. The fourth-order valence-electron chi connectivity index (χ4n) is 9.97. The van der Waals surface area contributed by atoms with Gasteiger partial charge < -0.3 is 19.0 Å². The summed E-state index contributed by atoms with van der Waals surface area (Å²) in [5.74, 6) is -2.59. The summed E-state index contributed by atoms with van der Waals surface area (Å²) >= 11 is 0.